The highest BCUT2D eigenvalue weighted by Crippen LogP contribution is 2.31. The lowest BCUT2D eigenvalue weighted by atomic mass is 10.1. The summed E-state index contributed by atoms with van der Waals surface area (Å²) in [4.78, 5) is 4.22. The van der Waals surface area contributed by atoms with Crippen LogP contribution in [0.15, 0.2) is 28.9 Å². The van der Waals surface area contributed by atoms with Crippen molar-refractivity contribution in [1.29, 1.82) is 0 Å². The van der Waals surface area contributed by atoms with Crippen molar-refractivity contribution in [3.05, 3.63) is 35.4 Å². The van der Waals surface area contributed by atoms with E-state index in [2.05, 4.69) is 4.98 Å². The first-order chi connectivity index (χ1) is 7.74. The Morgan fingerprint density at radius 1 is 1.50 bits per heavy atom. The van der Waals surface area contributed by atoms with Gasteiger partial charge in [-0.1, -0.05) is 11.6 Å². The summed E-state index contributed by atoms with van der Waals surface area (Å²) in [5.41, 5.74) is 6.88. The monoisotopic (exact) mass is 238 g/mol. The third-order valence-corrected chi connectivity index (χ3v) is 2.40. The number of methoxy groups -OCH3 is 1. The third-order valence-electron chi connectivity index (χ3n) is 2.16. The van der Waals surface area contributed by atoms with E-state index < -0.39 is 0 Å². The van der Waals surface area contributed by atoms with Gasteiger partial charge in [-0.25, -0.2) is 4.98 Å². The Balaban J connectivity index is 2.49. The number of aromatic nitrogens is 1. The number of benzene rings is 1. The minimum absolute atomic E-state index is 0.267. The van der Waals surface area contributed by atoms with Crippen LogP contribution in [0.3, 0.4) is 0 Å². The summed E-state index contributed by atoms with van der Waals surface area (Å²) in [5, 5.41) is 0.619. The van der Waals surface area contributed by atoms with Gasteiger partial charge in [0, 0.05) is 10.6 Å². The summed E-state index contributed by atoms with van der Waals surface area (Å²) in [6, 6.07) is 5.32. The molecule has 0 amide bonds. The van der Waals surface area contributed by atoms with Crippen LogP contribution in [0.5, 0.6) is 5.75 Å². The number of halogens is 1. The van der Waals surface area contributed by atoms with Gasteiger partial charge in [-0.05, 0) is 18.2 Å². The van der Waals surface area contributed by atoms with Crippen molar-refractivity contribution in [2.24, 2.45) is 5.73 Å². The molecule has 5 heteroatoms. The molecule has 0 saturated heterocycles. The maximum atomic E-state index is 5.93. The first-order valence-electron chi connectivity index (χ1n) is 4.73. The fourth-order valence-electron chi connectivity index (χ4n) is 1.41. The molecular weight excluding hydrogens is 228 g/mol. The van der Waals surface area contributed by atoms with Crippen LogP contribution >= 0.6 is 11.6 Å². The van der Waals surface area contributed by atoms with Crippen LogP contribution < -0.4 is 10.5 Å². The van der Waals surface area contributed by atoms with Crippen LogP contribution in [0.25, 0.3) is 11.3 Å². The van der Waals surface area contributed by atoms with Gasteiger partial charge in [0.15, 0.2) is 0 Å². The first-order valence-corrected chi connectivity index (χ1v) is 5.10. The summed E-state index contributed by atoms with van der Waals surface area (Å²) in [6.07, 6.45) is 1.54. The fraction of sp³-hybridized carbons (Fsp3) is 0.182. The molecular formula is C11H11ClN2O2. The number of ether oxygens (including phenoxy) is 1. The Bertz CT molecular complexity index is 496. The molecule has 0 spiro atoms. The normalized spacial score (nSPS) is 10.4. The predicted octanol–water partition coefficient (Wildman–Crippen LogP) is 2.46. The second-order valence-corrected chi connectivity index (χ2v) is 3.61. The molecule has 84 valence electrons. The molecule has 2 N–H and O–H groups in total. The molecule has 0 aliphatic carbocycles. The number of hydrogen-bond acceptors (Lipinski definition) is 4. The van der Waals surface area contributed by atoms with Crippen molar-refractivity contribution in [2.75, 3.05) is 7.11 Å². The topological polar surface area (TPSA) is 61.3 Å². The molecule has 1 aromatic heterocycles. The second-order valence-electron chi connectivity index (χ2n) is 3.18. The molecule has 0 bridgehead atoms. The quantitative estimate of drug-likeness (QED) is 0.892. The lowest BCUT2D eigenvalue weighted by Crippen LogP contribution is -1.96. The van der Waals surface area contributed by atoms with Gasteiger partial charge in [-0.15, -0.1) is 0 Å². The van der Waals surface area contributed by atoms with Crippen molar-refractivity contribution < 1.29 is 9.15 Å². The highest BCUT2D eigenvalue weighted by molar-refractivity contribution is 6.30. The molecule has 0 atom stereocenters. The lowest BCUT2D eigenvalue weighted by Gasteiger charge is -2.05. The van der Waals surface area contributed by atoms with Crippen LogP contribution in [0.4, 0.5) is 0 Å². The van der Waals surface area contributed by atoms with Gasteiger partial charge in [0.2, 0.25) is 5.89 Å². The average molecular weight is 239 g/mol. The van der Waals surface area contributed by atoms with Crippen LogP contribution in [0, 0.1) is 0 Å². The molecule has 4 nitrogen and oxygen atoms in total. The van der Waals surface area contributed by atoms with Gasteiger partial charge in [0.1, 0.15) is 17.7 Å². The molecule has 0 aliphatic rings. The minimum atomic E-state index is 0.267. The third kappa shape index (κ3) is 2.03. The fourth-order valence-corrected chi connectivity index (χ4v) is 1.58. The van der Waals surface area contributed by atoms with Crippen LogP contribution in [-0.4, -0.2) is 12.1 Å². The van der Waals surface area contributed by atoms with E-state index >= 15 is 0 Å². The van der Waals surface area contributed by atoms with E-state index in [-0.39, 0.29) is 6.54 Å². The van der Waals surface area contributed by atoms with E-state index in [1.165, 1.54) is 6.26 Å². The van der Waals surface area contributed by atoms with E-state index in [4.69, 9.17) is 26.5 Å². The number of nitrogens with zero attached hydrogens (tertiary/aromatic N) is 1. The van der Waals surface area contributed by atoms with Gasteiger partial charge in [0.25, 0.3) is 0 Å². The molecule has 16 heavy (non-hydrogen) atoms. The van der Waals surface area contributed by atoms with Gasteiger partial charge in [0.05, 0.1) is 13.7 Å². The highest BCUT2D eigenvalue weighted by atomic mass is 35.5. The zero-order valence-electron chi connectivity index (χ0n) is 8.74. The summed E-state index contributed by atoms with van der Waals surface area (Å²) in [5.74, 6) is 1.18. The Labute approximate surface area is 98.0 Å². The van der Waals surface area contributed by atoms with Crippen LogP contribution in [0.1, 0.15) is 5.89 Å². The van der Waals surface area contributed by atoms with Crippen molar-refractivity contribution in [3.63, 3.8) is 0 Å². The zero-order valence-corrected chi connectivity index (χ0v) is 9.49. The molecule has 0 unspecified atom stereocenters. The van der Waals surface area contributed by atoms with Gasteiger partial charge in [-0.2, -0.15) is 0 Å². The molecule has 2 rings (SSSR count). The van der Waals surface area contributed by atoms with Crippen LogP contribution in [-0.2, 0) is 6.54 Å². The molecule has 1 aromatic carbocycles. The summed E-state index contributed by atoms with van der Waals surface area (Å²) in [7, 11) is 1.59. The number of nitrogens with two attached hydrogens (primary N) is 1. The maximum Gasteiger partial charge on any atom is 0.208 e. The van der Waals surface area contributed by atoms with Crippen LogP contribution in [0.2, 0.25) is 5.02 Å². The summed E-state index contributed by atoms with van der Waals surface area (Å²) >= 11 is 5.93. The van der Waals surface area contributed by atoms with Gasteiger partial charge < -0.3 is 14.9 Å². The average Bonchev–Trinajstić information content (AvgIpc) is 2.77. The van der Waals surface area contributed by atoms with Crippen molar-refractivity contribution in [2.45, 2.75) is 6.54 Å². The molecule has 0 radical (unpaired) electrons. The van der Waals surface area contributed by atoms with E-state index in [0.717, 1.165) is 5.56 Å². The Kier molecular flexibility index (Phi) is 3.12. The predicted molar refractivity (Wildman–Crippen MR) is 61.4 cm³/mol. The molecule has 2 aromatic rings. The highest BCUT2D eigenvalue weighted by Gasteiger charge is 2.11. The van der Waals surface area contributed by atoms with E-state index in [1.807, 2.05) is 0 Å². The molecule has 0 saturated carbocycles. The van der Waals surface area contributed by atoms with Crippen molar-refractivity contribution in [3.8, 4) is 17.0 Å². The number of hydrogen-bond donors (Lipinski definition) is 1. The first kappa shape index (κ1) is 11.0. The van der Waals surface area contributed by atoms with E-state index in [1.54, 1.807) is 25.3 Å². The standard InChI is InChI=1S/C11H11ClN2O2/c1-15-10-3-2-7(12)4-8(10)9-6-16-11(5-13)14-9/h2-4,6H,5,13H2,1H3. The van der Waals surface area contributed by atoms with Gasteiger partial charge >= 0.3 is 0 Å². The van der Waals surface area contributed by atoms with Gasteiger partial charge in [-0.3, -0.25) is 0 Å². The second kappa shape index (κ2) is 4.55. The SMILES string of the molecule is COc1ccc(Cl)cc1-c1coc(CN)n1. The summed E-state index contributed by atoms with van der Waals surface area (Å²) < 4.78 is 10.4. The van der Waals surface area contributed by atoms with Crippen molar-refractivity contribution >= 4 is 11.6 Å². The zero-order chi connectivity index (χ0) is 11.5. The lowest BCUT2D eigenvalue weighted by molar-refractivity contribution is 0.416. The smallest absolute Gasteiger partial charge is 0.208 e. The summed E-state index contributed by atoms with van der Waals surface area (Å²) in [6.45, 7) is 0.267. The van der Waals surface area contributed by atoms with E-state index in [9.17, 15) is 0 Å². The Morgan fingerprint density at radius 3 is 2.94 bits per heavy atom. The molecule has 0 aliphatic heterocycles. The molecule has 1 heterocycles. The maximum absolute atomic E-state index is 5.93. The molecule has 0 fully saturated rings. The van der Waals surface area contributed by atoms with Crippen molar-refractivity contribution in [1.82, 2.24) is 4.98 Å². The largest absolute Gasteiger partial charge is 0.496 e. The van der Waals surface area contributed by atoms with E-state index in [0.29, 0.717) is 22.4 Å². The number of oxazole rings is 1. The minimum Gasteiger partial charge on any atom is -0.496 e. The number of rotatable bonds is 3. The Morgan fingerprint density at radius 2 is 2.31 bits per heavy atom. The Hall–Kier alpha value is -1.52.